The lowest BCUT2D eigenvalue weighted by molar-refractivity contribution is 0.626. The summed E-state index contributed by atoms with van der Waals surface area (Å²) in [6, 6.07) is 13.5. The highest BCUT2D eigenvalue weighted by atomic mass is 19.1. The van der Waals surface area contributed by atoms with Crippen molar-refractivity contribution in [2.45, 2.75) is 0 Å². The fraction of sp³-hybridized carbons (Fsp3) is 0. The monoisotopic (exact) mass is 228 g/mol. The maximum Gasteiger partial charge on any atom is 0.133 e. The Balaban J connectivity index is 2.23. The molecule has 0 fully saturated rings. The van der Waals surface area contributed by atoms with Gasteiger partial charge in [-0.1, -0.05) is 0 Å². The summed E-state index contributed by atoms with van der Waals surface area (Å²) in [7, 11) is 0. The second kappa shape index (κ2) is 3.70. The first-order valence-corrected chi connectivity index (χ1v) is 5.18. The molecular formula is C14H8F2N. The Morgan fingerprint density at radius 3 is 2.53 bits per heavy atom. The summed E-state index contributed by atoms with van der Waals surface area (Å²) in [4.78, 5) is 0. The number of aromatic nitrogens is 1. The molecule has 0 saturated heterocycles. The average molecular weight is 228 g/mol. The van der Waals surface area contributed by atoms with Crippen LogP contribution in [0, 0.1) is 17.7 Å². The van der Waals surface area contributed by atoms with E-state index in [1.807, 2.05) is 16.8 Å². The van der Waals surface area contributed by atoms with E-state index in [-0.39, 0.29) is 5.82 Å². The molecule has 17 heavy (non-hydrogen) atoms. The largest absolute Gasteiger partial charge is 0.316 e. The lowest BCUT2D eigenvalue weighted by Gasteiger charge is -2.05. The van der Waals surface area contributed by atoms with E-state index in [1.54, 1.807) is 18.2 Å². The zero-order chi connectivity index (χ0) is 11.8. The SMILES string of the molecule is Fc1[c]cc2ccn(-c3ccc(F)cc3)c2c1. The van der Waals surface area contributed by atoms with Crippen LogP contribution in [0.5, 0.6) is 0 Å². The predicted octanol–water partition coefficient (Wildman–Crippen LogP) is 3.71. The van der Waals surface area contributed by atoms with Crippen LogP contribution >= 0.6 is 0 Å². The quantitative estimate of drug-likeness (QED) is 0.598. The Labute approximate surface area is 96.9 Å². The molecule has 0 bridgehead atoms. The Morgan fingerprint density at radius 1 is 1.00 bits per heavy atom. The molecule has 0 atom stereocenters. The fourth-order valence-corrected chi connectivity index (χ4v) is 1.87. The molecule has 1 heterocycles. The average Bonchev–Trinajstić information content (AvgIpc) is 2.73. The minimum atomic E-state index is -0.403. The van der Waals surface area contributed by atoms with E-state index in [4.69, 9.17) is 0 Å². The molecule has 3 aromatic rings. The van der Waals surface area contributed by atoms with Gasteiger partial charge in [-0.15, -0.1) is 0 Å². The smallest absolute Gasteiger partial charge is 0.133 e. The molecule has 0 aliphatic rings. The second-order valence-electron chi connectivity index (χ2n) is 3.78. The lowest BCUT2D eigenvalue weighted by Crippen LogP contribution is -1.92. The molecule has 3 heteroatoms. The lowest BCUT2D eigenvalue weighted by atomic mass is 10.2. The van der Waals surface area contributed by atoms with Crippen molar-refractivity contribution in [3.05, 3.63) is 66.4 Å². The van der Waals surface area contributed by atoms with Crippen LogP contribution in [0.25, 0.3) is 16.6 Å². The number of hydrogen-bond donors (Lipinski definition) is 0. The van der Waals surface area contributed by atoms with E-state index in [9.17, 15) is 8.78 Å². The van der Waals surface area contributed by atoms with E-state index < -0.39 is 5.82 Å². The van der Waals surface area contributed by atoms with E-state index in [0.717, 1.165) is 16.6 Å². The third-order valence-electron chi connectivity index (χ3n) is 2.69. The molecule has 2 aromatic carbocycles. The van der Waals surface area contributed by atoms with Crippen molar-refractivity contribution in [2.24, 2.45) is 0 Å². The highest BCUT2D eigenvalue weighted by molar-refractivity contribution is 5.81. The van der Waals surface area contributed by atoms with E-state index in [0.29, 0.717) is 0 Å². The summed E-state index contributed by atoms with van der Waals surface area (Å²) in [5.41, 5.74) is 1.54. The fourth-order valence-electron chi connectivity index (χ4n) is 1.87. The summed E-state index contributed by atoms with van der Waals surface area (Å²) in [6.45, 7) is 0. The standard InChI is InChI=1S/C14H8F2N/c15-11-3-5-13(6-4-11)17-8-7-10-1-2-12(16)9-14(10)17/h1,3-9H. The molecular weight excluding hydrogens is 220 g/mol. The topological polar surface area (TPSA) is 4.93 Å². The first kappa shape index (κ1) is 10.0. The maximum absolute atomic E-state index is 13.1. The first-order valence-electron chi connectivity index (χ1n) is 5.18. The number of benzene rings is 2. The molecule has 0 spiro atoms. The van der Waals surface area contributed by atoms with Crippen LogP contribution < -0.4 is 0 Å². The number of rotatable bonds is 1. The minimum absolute atomic E-state index is 0.287. The van der Waals surface area contributed by atoms with Crippen molar-refractivity contribution in [1.82, 2.24) is 4.57 Å². The third-order valence-corrected chi connectivity index (χ3v) is 2.69. The highest BCUT2D eigenvalue weighted by Crippen LogP contribution is 2.21. The summed E-state index contributed by atoms with van der Waals surface area (Å²) in [5, 5.41) is 0.899. The summed E-state index contributed by atoms with van der Waals surface area (Å²) in [6.07, 6.45) is 1.82. The number of nitrogens with zero attached hydrogens (tertiary/aromatic N) is 1. The molecule has 0 aliphatic heterocycles. The van der Waals surface area contributed by atoms with Gasteiger partial charge in [0, 0.05) is 23.3 Å². The maximum atomic E-state index is 13.1. The zero-order valence-corrected chi connectivity index (χ0v) is 8.82. The third kappa shape index (κ3) is 1.69. The summed E-state index contributed by atoms with van der Waals surface area (Å²) < 4.78 is 27.8. The van der Waals surface area contributed by atoms with Gasteiger partial charge in [-0.05, 0) is 42.5 Å². The van der Waals surface area contributed by atoms with Crippen molar-refractivity contribution in [2.75, 3.05) is 0 Å². The van der Waals surface area contributed by atoms with Gasteiger partial charge in [-0.3, -0.25) is 0 Å². The van der Waals surface area contributed by atoms with Crippen LogP contribution in [0.3, 0.4) is 0 Å². The van der Waals surface area contributed by atoms with Crippen LogP contribution in [0.4, 0.5) is 8.78 Å². The number of hydrogen-bond acceptors (Lipinski definition) is 0. The van der Waals surface area contributed by atoms with Gasteiger partial charge in [0.05, 0.1) is 5.52 Å². The number of halogens is 2. The normalized spacial score (nSPS) is 10.9. The Bertz CT molecular complexity index is 668. The van der Waals surface area contributed by atoms with E-state index >= 15 is 0 Å². The van der Waals surface area contributed by atoms with Crippen molar-refractivity contribution in [3.63, 3.8) is 0 Å². The van der Waals surface area contributed by atoms with Crippen molar-refractivity contribution in [1.29, 1.82) is 0 Å². The van der Waals surface area contributed by atoms with Gasteiger partial charge in [-0.2, -0.15) is 0 Å². The minimum Gasteiger partial charge on any atom is -0.316 e. The summed E-state index contributed by atoms with van der Waals surface area (Å²) in [5.74, 6) is -0.690. The van der Waals surface area contributed by atoms with Gasteiger partial charge >= 0.3 is 0 Å². The van der Waals surface area contributed by atoms with Crippen LogP contribution in [0.15, 0.2) is 48.7 Å². The van der Waals surface area contributed by atoms with Gasteiger partial charge in [0.15, 0.2) is 0 Å². The molecule has 83 valence electrons. The van der Waals surface area contributed by atoms with Crippen molar-refractivity contribution in [3.8, 4) is 5.69 Å². The van der Waals surface area contributed by atoms with Gasteiger partial charge in [-0.25, -0.2) is 8.78 Å². The molecule has 1 radical (unpaired) electrons. The van der Waals surface area contributed by atoms with Gasteiger partial charge in [0.25, 0.3) is 0 Å². The van der Waals surface area contributed by atoms with Crippen molar-refractivity contribution < 1.29 is 8.78 Å². The van der Waals surface area contributed by atoms with Gasteiger partial charge in [0.1, 0.15) is 11.6 Å². The Kier molecular flexibility index (Phi) is 2.18. The molecule has 0 amide bonds. The molecule has 0 N–H and O–H groups in total. The van der Waals surface area contributed by atoms with Crippen LogP contribution in [0.1, 0.15) is 0 Å². The summed E-state index contributed by atoms with van der Waals surface area (Å²) >= 11 is 0. The van der Waals surface area contributed by atoms with E-state index in [1.165, 1.54) is 18.2 Å². The van der Waals surface area contributed by atoms with Crippen LogP contribution in [-0.4, -0.2) is 4.57 Å². The Morgan fingerprint density at radius 2 is 1.76 bits per heavy atom. The molecule has 1 nitrogen and oxygen atoms in total. The van der Waals surface area contributed by atoms with Crippen LogP contribution in [-0.2, 0) is 0 Å². The van der Waals surface area contributed by atoms with Crippen molar-refractivity contribution >= 4 is 10.9 Å². The number of fused-ring (bicyclic) bond motifs is 1. The second-order valence-corrected chi connectivity index (χ2v) is 3.78. The molecule has 1 aromatic heterocycles. The molecule has 0 saturated carbocycles. The van der Waals surface area contributed by atoms with Crippen LogP contribution in [0.2, 0.25) is 0 Å². The highest BCUT2D eigenvalue weighted by Gasteiger charge is 2.04. The molecule has 0 unspecified atom stereocenters. The first-order chi connectivity index (χ1) is 8.24. The van der Waals surface area contributed by atoms with E-state index in [2.05, 4.69) is 6.07 Å². The predicted molar refractivity (Wildman–Crippen MR) is 62.0 cm³/mol. The van der Waals surface area contributed by atoms with Gasteiger partial charge in [0.2, 0.25) is 0 Å². The molecule has 3 rings (SSSR count). The zero-order valence-electron chi connectivity index (χ0n) is 8.82. The molecule has 0 aliphatic carbocycles. The van der Waals surface area contributed by atoms with Gasteiger partial charge < -0.3 is 4.57 Å². The Hall–Kier alpha value is -2.16.